The van der Waals surface area contributed by atoms with Gasteiger partial charge in [-0.1, -0.05) is 38.1 Å². The number of ether oxygens (including phenoxy) is 1. The number of hydrogen-bond acceptors (Lipinski definition) is 4. The van der Waals surface area contributed by atoms with E-state index in [4.69, 9.17) is 9.15 Å². The maximum atomic E-state index is 13.7. The van der Waals surface area contributed by atoms with Crippen molar-refractivity contribution in [2.24, 2.45) is 5.92 Å². The lowest BCUT2D eigenvalue weighted by Crippen LogP contribution is -2.41. The molecule has 188 valence electrons. The summed E-state index contributed by atoms with van der Waals surface area (Å²) >= 11 is 0. The van der Waals surface area contributed by atoms with Gasteiger partial charge in [-0.25, -0.2) is 4.39 Å². The number of benzene rings is 2. The number of hydrogen-bond donors (Lipinski definition) is 1. The topological polar surface area (TPSA) is 71.8 Å². The van der Waals surface area contributed by atoms with Gasteiger partial charge in [0.15, 0.2) is 5.76 Å². The molecule has 0 radical (unpaired) electrons. The molecule has 1 aromatic heterocycles. The van der Waals surface area contributed by atoms with Crippen molar-refractivity contribution in [2.45, 2.75) is 39.3 Å². The minimum Gasteiger partial charge on any atom is -0.486 e. The van der Waals surface area contributed by atoms with Crippen LogP contribution >= 0.6 is 0 Å². The highest BCUT2D eigenvalue weighted by molar-refractivity contribution is 5.91. The Bertz CT molecular complexity index is 1230. The summed E-state index contributed by atoms with van der Waals surface area (Å²) in [5.74, 6) is 1.02. The molecular formula is C29H31FN2O4. The zero-order chi connectivity index (χ0) is 25.7. The standard InChI is InChI=1S/C29H31FN2O4/c1-4-14-31-29(34)26-12-11-24(36-26)18-35-23-10-7-20-13-15-32(27(33)16-19(2)3)28(25(20)17-23)21-5-8-22(30)9-6-21/h4-12,17,19,28H,1,13-16,18H2,2-3H3,(H,31,34)/t28-/m1/s1. The number of amides is 2. The van der Waals surface area contributed by atoms with Crippen LogP contribution in [-0.4, -0.2) is 29.8 Å². The van der Waals surface area contributed by atoms with Crippen molar-refractivity contribution in [1.29, 1.82) is 0 Å². The number of rotatable bonds is 9. The SMILES string of the molecule is C=CCNC(=O)c1ccc(COc2ccc3c(c2)[C@@H](c2ccc(F)cc2)N(C(=O)CC(C)C)CC3)o1. The lowest BCUT2D eigenvalue weighted by Gasteiger charge is -2.38. The molecule has 0 aliphatic carbocycles. The Morgan fingerprint density at radius 2 is 1.97 bits per heavy atom. The Morgan fingerprint density at radius 1 is 1.19 bits per heavy atom. The van der Waals surface area contributed by atoms with Crippen LogP contribution in [0.4, 0.5) is 4.39 Å². The van der Waals surface area contributed by atoms with Crippen molar-refractivity contribution in [3.63, 3.8) is 0 Å². The van der Waals surface area contributed by atoms with Gasteiger partial charge < -0.3 is 19.4 Å². The van der Waals surface area contributed by atoms with E-state index >= 15 is 0 Å². The molecule has 2 aromatic carbocycles. The van der Waals surface area contributed by atoms with Gasteiger partial charge in [0.2, 0.25) is 5.91 Å². The Morgan fingerprint density at radius 3 is 2.69 bits per heavy atom. The van der Waals surface area contributed by atoms with E-state index in [1.165, 1.54) is 12.1 Å². The summed E-state index contributed by atoms with van der Waals surface area (Å²) < 4.78 is 25.3. The first-order chi connectivity index (χ1) is 17.4. The van der Waals surface area contributed by atoms with Gasteiger partial charge >= 0.3 is 0 Å². The van der Waals surface area contributed by atoms with E-state index in [0.29, 0.717) is 31.0 Å². The monoisotopic (exact) mass is 490 g/mol. The van der Waals surface area contributed by atoms with Crippen molar-refractivity contribution in [3.8, 4) is 5.75 Å². The molecule has 1 aliphatic rings. The summed E-state index contributed by atoms with van der Waals surface area (Å²) in [5.41, 5.74) is 2.95. The Hall–Kier alpha value is -3.87. The van der Waals surface area contributed by atoms with E-state index in [1.807, 2.05) is 36.9 Å². The molecule has 7 heteroatoms. The van der Waals surface area contributed by atoms with Crippen LogP contribution in [0.2, 0.25) is 0 Å². The molecule has 6 nitrogen and oxygen atoms in total. The third kappa shape index (κ3) is 5.85. The molecule has 3 aromatic rings. The molecule has 36 heavy (non-hydrogen) atoms. The first kappa shape index (κ1) is 25.2. The Kier molecular flexibility index (Phi) is 7.88. The molecule has 4 rings (SSSR count). The highest BCUT2D eigenvalue weighted by atomic mass is 19.1. The normalized spacial score (nSPS) is 14.9. The highest BCUT2D eigenvalue weighted by Gasteiger charge is 2.32. The smallest absolute Gasteiger partial charge is 0.287 e. The lowest BCUT2D eigenvalue weighted by atomic mass is 9.87. The van der Waals surface area contributed by atoms with E-state index in [9.17, 15) is 14.0 Å². The lowest BCUT2D eigenvalue weighted by molar-refractivity contribution is -0.134. The van der Waals surface area contributed by atoms with E-state index in [-0.39, 0.29) is 42.0 Å². The zero-order valence-corrected chi connectivity index (χ0v) is 20.6. The third-order valence-electron chi connectivity index (χ3n) is 6.11. The number of halogens is 1. The van der Waals surface area contributed by atoms with Gasteiger partial charge in [-0.05, 0) is 65.4 Å². The quantitative estimate of drug-likeness (QED) is 0.406. The van der Waals surface area contributed by atoms with Crippen LogP contribution in [0.15, 0.2) is 71.7 Å². The minimum atomic E-state index is -0.326. The van der Waals surface area contributed by atoms with Crippen molar-refractivity contribution in [3.05, 3.63) is 101 Å². The minimum absolute atomic E-state index is 0.0779. The average Bonchev–Trinajstić information content (AvgIpc) is 3.34. The fourth-order valence-electron chi connectivity index (χ4n) is 4.41. The fraction of sp³-hybridized carbons (Fsp3) is 0.310. The first-order valence-corrected chi connectivity index (χ1v) is 12.1. The molecule has 1 atom stereocenters. The summed E-state index contributed by atoms with van der Waals surface area (Å²) in [6.45, 7) is 8.73. The van der Waals surface area contributed by atoms with E-state index in [0.717, 1.165) is 23.1 Å². The Balaban J connectivity index is 1.57. The van der Waals surface area contributed by atoms with E-state index < -0.39 is 0 Å². The molecular weight excluding hydrogens is 459 g/mol. The van der Waals surface area contributed by atoms with Gasteiger partial charge in [-0.15, -0.1) is 6.58 Å². The largest absolute Gasteiger partial charge is 0.486 e. The number of fused-ring (bicyclic) bond motifs is 1. The molecule has 2 amide bonds. The zero-order valence-electron chi connectivity index (χ0n) is 20.6. The molecule has 0 fully saturated rings. The number of furan rings is 1. The van der Waals surface area contributed by atoms with Crippen molar-refractivity contribution < 1.29 is 23.1 Å². The molecule has 1 N–H and O–H groups in total. The number of carbonyl (C=O) groups excluding carboxylic acids is 2. The third-order valence-corrected chi connectivity index (χ3v) is 6.11. The van der Waals surface area contributed by atoms with Gasteiger partial charge in [-0.2, -0.15) is 0 Å². The van der Waals surface area contributed by atoms with Crippen LogP contribution in [0.25, 0.3) is 0 Å². The Labute approximate surface area is 210 Å². The van der Waals surface area contributed by atoms with Crippen molar-refractivity contribution >= 4 is 11.8 Å². The van der Waals surface area contributed by atoms with Crippen LogP contribution in [0.3, 0.4) is 0 Å². The van der Waals surface area contributed by atoms with Gasteiger partial charge in [0.05, 0.1) is 6.04 Å². The van der Waals surface area contributed by atoms with Gasteiger partial charge in [0, 0.05) is 19.5 Å². The summed E-state index contributed by atoms with van der Waals surface area (Å²) in [6, 6.07) is 15.2. The summed E-state index contributed by atoms with van der Waals surface area (Å²) in [4.78, 5) is 27.1. The number of nitrogens with one attached hydrogen (secondary N) is 1. The molecule has 0 unspecified atom stereocenters. The molecule has 2 heterocycles. The summed E-state index contributed by atoms with van der Waals surface area (Å²) in [5, 5.41) is 2.67. The van der Waals surface area contributed by atoms with Crippen LogP contribution in [0.1, 0.15) is 59.3 Å². The van der Waals surface area contributed by atoms with Crippen LogP contribution in [0.5, 0.6) is 5.75 Å². The highest BCUT2D eigenvalue weighted by Crippen LogP contribution is 2.38. The molecule has 0 saturated heterocycles. The van der Waals surface area contributed by atoms with Gasteiger partial charge in [-0.3, -0.25) is 9.59 Å². The number of carbonyl (C=O) groups is 2. The molecule has 1 aliphatic heterocycles. The maximum absolute atomic E-state index is 13.7. The van der Waals surface area contributed by atoms with Crippen LogP contribution in [-0.2, 0) is 17.8 Å². The maximum Gasteiger partial charge on any atom is 0.287 e. The average molecular weight is 491 g/mol. The predicted octanol–water partition coefficient (Wildman–Crippen LogP) is 5.43. The van der Waals surface area contributed by atoms with Crippen LogP contribution in [0, 0.1) is 11.7 Å². The fourth-order valence-corrected chi connectivity index (χ4v) is 4.41. The van der Waals surface area contributed by atoms with Crippen molar-refractivity contribution in [1.82, 2.24) is 10.2 Å². The van der Waals surface area contributed by atoms with Crippen molar-refractivity contribution in [2.75, 3.05) is 13.1 Å². The van der Waals surface area contributed by atoms with Crippen LogP contribution < -0.4 is 10.1 Å². The van der Waals surface area contributed by atoms with E-state index in [1.54, 1.807) is 30.3 Å². The van der Waals surface area contributed by atoms with E-state index in [2.05, 4.69) is 11.9 Å². The van der Waals surface area contributed by atoms with Gasteiger partial charge in [0.1, 0.15) is 23.9 Å². The second-order valence-corrected chi connectivity index (χ2v) is 9.30. The number of nitrogens with zero attached hydrogens (tertiary/aromatic N) is 1. The summed E-state index contributed by atoms with van der Waals surface area (Å²) in [6.07, 6.45) is 2.78. The second kappa shape index (κ2) is 11.2. The summed E-state index contributed by atoms with van der Waals surface area (Å²) in [7, 11) is 0. The molecule has 0 bridgehead atoms. The second-order valence-electron chi connectivity index (χ2n) is 9.30. The first-order valence-electron chi connectivity index (χ1n) is 12.1. The predicted molar refractivity (Wildman–Crippen MR) is 135 cm³/mol. The molecule has 0 saturated carbocycles. The van der Waals surface area contributed by atoms with Gasteiger partial charge in [0.25, 0.3) is 5.91 Å². The molecule has 0 spiro atoms.